The first-order valence-corrected chi connectivity index (χ1v) is 14.3. The topological polar surface area (TPSA) is 65.4 Å². The average molecular weight is 434 g/mol. The largest absolute Gasteiger partial charge is 0.462 e. The number of hydrogen-bond acceptors (Lipinski definition) is 4. The van der Waals surface area contributed by atoms with E-state index in [4.69, 9.17) is 4.74 Å². The lowest BCUT2D eigenvalue weighted by Gasteiger charge is -2.48. The van der Waals surface area contributed by atoms with E-state index in [1.165, 1.54) is 6.07 Å². The highest BCUT2D eigenvalue weighted by Crippen LogP contribution is 2.49. The van der Waals surface area contributed by atoms with Gasteiger partial charge in [-0.15, -0.1) is 5.54 Å². The minimum Gasteiger partial charge on any atom is -0.462 e. The number of aldehydes is 1. The van der Waals surface area contributed by atoms with Gasteiger partial charge in [-0.2, -0.15) is 0 Å². The molecule has 2 aromatic rings. The van der Waals surface area contributed by atoms with Gasteiger partial charge in [-0.05, 0) is 50.3 Å². The van der Waals surface area contributed by atoms with Crippen molar-refractivity contribution in [3.05, 3.63) is 56.9 Å². The molecular weight excluding hydrogens is 406 g/mol. The van der Waals surface area contributed by atoms with Gasteiger partial charge in [-0.1, -0.05) is 25.6 Å². The quantitative estimate of drug-likeness (QED) is 0.315. The van der Waals surface area contributed by atoms with Crippen molar-refractivity contribution in [3.8, 4) is 22.7 Å². The van der Waals surface area contributed by atoms with Crippen LogP contribution in [0.2, 0.25) is 19.6 Å². The Morgan fingerprint density at radius 3 is 2.58 bits per heavy atom. The van der Waals surface area contributed by atoms with Gasteiger partial charge in [0.1, 0.15) is 13.6 Å². The summed E-state index contributed by atoms with van der Waals surface area (Å²) in [6.45, 7) is 8.46. The predicted molar refractivity (Wildman–Crippen MR) is 123 cm³/mol. The lowest BCUT2D eigenvalue weighted by molar-refractivity contribution is 0.0521. The maximum Gasteiger partial charge on any atom is 0.343 e. The molecule has 1 fully saturated rings. The Labute approximate surface area is 183 Å². The van der Waals surface area contributed by atoms with E-state index in [9.17, 15) is 14.4 Å². The van der Waals surface area contributed by atoms with E-state index in [2.05, 4.69) is 35.7 Å². The number of fused-ring (bicyclic) bond motifs is 4. The summed E-state index contributed by atoms with van der Waals surface area (Å²) in [5.74, 6) is 2.65. The first-order valence-electron chi connectivity index (χ1n) is 10.8. The van der Waals surface area contributed by atoms with E-state index >= 15 is 0 Å². The molecule has 1 aliphatic carbocycles. The Balaban J connectivity index is 1.92. The summed E-state index contributed by atoms with van der Waals surface area (Å²) in [7, 11) is -1.59. The summed E-state index contributed by atoms with van der Waals surface area (Å²) in [6, 6.07) is 5.39. The molecule has 160 valence electrons. The first kappa shape index (κ1) is 21.3. The molecule has 4 rings (SSSR count). The van der Waals surface area contributed by atoms with E-state index < -0.39 is 14.0 Å². The highest BCUT2D eigenvalue weighted by Gasteiger charge is 2.43. The molecule has 31 heavy (non-hydrogen) atoms. The van der Waals surface area contributed by atoms with E-state index in [0.717, 1.165) is 54.4 Å². The summed E-state index contributed by atoms with van der Waals surface area (Å²) < 4.78 is 7.16. The molecule has 1 saturated carbocycles. The zero-order valence-corrected chi connectivity index (χ0v) is 19.5. The highest BCUT2D eigenvalue weighted by atomic mass is 28.3. The second-order valence-electron chi connectivity index (χ2n) is 9.50. The molecule has 1 aromatic carbocycles. The van der Waals surface area contributed by atoms with Crippen molar-refractivity contribution >= 4 is 20.3 Å². The van der Waals surface area contributed by atoms with E-state index in [0.29, 0.717) is 5.56 Å². The highest BCUT2D eigenvalue weighted by molar-refractivity contribution is 6.83. The molecular formula is C25H27NO4Si. The van der Waals surface area contributed by atoms with Gasteiger partial charge in [-0.3, -0.25) is 9.59 Å². The molecule has 0 saturated heterocycles. The van der Waals surface area contributed by atoms with Crippen LogP contribution in [0.3, 0.4) is 0 Å². The Morgan fingerprint density at radius 2 is 2.00 bits per heavy atom. The molecule has 0 atom stereocenters. The van der Waals surface area contributed by atoms with Crippen LogP contribution in [0, 0.1) is 11.5 Å². The molecule has 5 nitrogen and oxygen atoms in total. The third-order valence-corrected chi connectivity index (χ3v) is 6.99. The molecule has 0 bridgehead atoms. The summed E-state index contributed by atoms with van der Waals surface area (Å²) >= 11 is 0. The minimum atomic E-state index is -1.59. The zero-order valence-electron chi connectivity index (χ0n) is 18.5. The van der Waals surface area contributed by atoms with Crippen LogP contribution in [0.5, 0.6) is 0 Å². The van der Waals surface area contributed by atoms with E-state index in [-0.39, 0.29) is 23.1 Å². The monoisotopic (exact) mass is 433 g/mol. The Hall–Kier alpha value is -2.91. The second-order valence-corrected chi connectivity index (χ2v) is 14.2. The maximum atomic E-state index is 12.8. The van der Waals surface area contributed by atoms with Crippen molar-refractivity contribution in [2.24, 2.45) is 0 Å². The van der Waals surface area contributed by atoms with Gasteiger partial charge in [0, 0.05) is 34.5 Å². The molecule has 2 heterocycles. The number of pyridine rings is 1. The lowest BCUT2D eigenvalue weighted by atomic mass is 9.69. The van der Waals surface area contributed by atoms with Crippen molar-refractivity contribution in [3.63, 3.8) is 0 Å². The fraction of sp³-hybridized carbons (Fsp3) is 0.400. The summed E-state index contributed by atoms with van der Waals surface area (Å²) in [4.78, 5) is 36.9. The number of aromatic nitrogens is 1. The van der Waals surface area contributed by atoms with Gasteiger partial charge in [0.2, 0.25) is 0 Å². The van der Waals surface area contributed by atoms with E-state index in [1.54, 1.807) is 13.1 Å². The zero-order chi connectivity index (χ0) is 22.4. The number of carbonyl (C=O) groups is 2. The average Bonchev–Trinajstić information content (AvgIpc) is 2.68. The number of hydrogen-bond donors (Lipinski definition) is 0. The van der Waals surface area contributed by atoms with Crippen molar-refractivity contribution in [2.45, 2.75) is 57.8 Å². The molecule has 0 amide bonds. The van der Waals surface area contributed by atoms with Crippen LogP contribution >= 0.6 is 0 Å². The number of esters is 1. The Bertz CT molecular complexity index is 1200. The lowest BCUT2D eigenvalue weighted by Crippen LogP contribution is -2.46. The number of benzene rings is 1. The van der Waals surface area contributed by atoms with Gasteiger partial charge in [0.05, 0.1) is 12.3 Å². The van der Waals surface area contributed by atoms with Crippen LogP contribution in [0.1, 0.15) is 58.0 Å². The normalized spacial score (nSPS) is 15.7. The smallest absolute Gasteiger partial charge is 0.343 e. The van der Waals surface area contributed by atoms with Crippen molar-refractivity contribution in [1.82, 2.24) is 4.57 Å². The fourth-order valence-corrected chi connectivity index (χ4v) is 4.95. The van der Waals surface area contributed by atoms with Crippen LogP contribution in [-0.2, 0) is 16.7 Å². The predicted octanol–water partition coefficient (Wildman–Crippen LogP) is 4.17. The standard InChI is InChI=1S/C25H27NO4Si/c1-5-30-24(29)21-15-26-22(13-23(21)28)20-12-19(16-27)17(7-10-31(2,3)4)11-18(20)14-25(26)8-6-9-25/h11-13,15-16H,5-6,8-9,14H2,1-4H3. The van der Waals surface area contributed by atoms with Crippen molar-refractivity contribution in [1.29, 1.82) is 0 Å². The van der Waals surface area contributed by atoms with Crippen molar-refractivity contribution < 1.29 is 14.3 Å². The van der Waals surface area contributed by atoms with Crippen LogP contribution in [0.4, 0.5) is 0 Å². The molecule has 0 radical (unpaired) electrons. The van der Waals surface area contributed by atoms with Crippen molar-refractivity contribution in [2.75, 3.05) is 6.61 Å². The fourth-order valence-electron chi connectivity index (χ4n) is 4.44. The van der Waals surface area contributed by atoms with Gasteiger partial charge in [0.15, 0.2) is 11.7 Å². The summed E-state index contributed by atoms with van der Waals surface area (Å²) in [5.41, 5.74) is 6.92. The van der Waals surface area contributed by atoms with E-state index in [1.807, 2.05) is 12.1 Å². The molecule has 0 unspecified atom stereocenters. The SMILES string of the molecule is CCOC(=O)c1cn2c(cc1=O)-c1cc(C=O)c(C#C[Si](C)(C)C)cc1CC21CCC1. The molecule has 1 aromatic heterocycles. The van der Waals surface area contributed by atoms with Crippen LogP contribution in [-0.4, -0.2) is 31.5 Å². The summed E-state index contributed by atoms with van der Waals surface area (Å²) in [5, 5.41) is 0. The van der Waals surface area contributed by atoms with Gasteiger partial charge in [-0.25, -0.2) is 4.79 Å². The number of nitrogens with zero attached hydrogens (tertiary/aromatic N) is 1. The summed E-state index contributed by atoms with van der Waals surface area (Å²) in [6.07, 6.45) is 6.35. The molecule has 0 N–H and O–H groups in total. The number of ether oxygens (including phenoxy) is 1. The van der Waals surface area contributed by atoms with Gasteiger partial charge >= 0.3 is 5.97 Å². The van der Waals surface area contributed by atoms with Crippen LogP contribution < -0.4 is 5.43 Å². The maximum absolute atomic E-state index is 12.8. The van der Waals surface area contributed by atoms with Crippen LogP contribution in [0.25, 0.3) is 11.3 Å². The Kier molecular flexibility index (Phi) is 5.26. The van der Waals surface area contributed by atoms with Gasteiger partial charge in [0.25, 0.3) is 0 Å². The molecule has 2 aliphatic rings. The molecule has 1 aliphatic heterocycles. The third-order valence-electron chi connectivity index (χ3n) is 6.11. The number of rotatable bonds is 3. The number of carbonyl (C=O) groups excluding carboxylic acids is 2. The minimum absolute atomic E-state index is 0.0635. The van der Waals surface area contributed by atoms with Gasteiger partial charge < -0.3 is 9.30 Å². The second kappa shape index (κ2) is 7.65. The molecule has 6 heteroatoms. The third kappa shape index (κ3) is 3.79. The molecule has 1 spiro atoms. The Morgan fingerprint density at radius 1 is 1.26 bits per heavy atom. The van der Waals surface area contributed by atoms with Crippen LogP contribution in [0.15, 0.2) is 29.2 Å². The first-order chi connectivity index (χ1) is 14.7.